The highest BCUT2D eigenvalue weighted by Crippen LogP contribution is 2.30. The first-order valence-electron chi connectivity index (χ1n) is 9.92. The van der Waals surface area contributed by atoms with Gasteiger partial charge in [0, 0.05) is 43.3 Å². The highest BCUT2D eigenvalue weighted by molar-refractivity contribution is 6.04. The monoisotopic (exact) mass is 419 g/mol. The number of aromatic nitrogens is 1. The van der Waals surface area contributed by atoms with E-state index in [0.717, 1.165) is 11.3 Å². The molecule has 1 aromatic heterocycles. The summed E-state index contributed by atoms with van der Waals surface area (Å²) in [6.07, 6.45) is 3.42. The minimum atomic E-state index is -0.269. The largest absolute Gasteiger partial charge is 0.490 e. The first-order chi connectivity index (χ1) is 15.0. The van der Waals surface area contributed by atoms with E-state index in [9.17, 15) is 9.59 Å². The number of carbonyl (C=O) groups excluding carboxylic acids is 2. The molecule has 0 unspecified atom stereocenters. The van der Waals surface area contributed by atoms with Gasteiger partial charge in [0.1, 0.15) is 6.61 Å². The smallest absolute Gasteiger partial charge is 0.255 e. The molecule has 3 aromatic rings. The maximum atomic E-state index is 12.7. The van der Waals surface area contributed by atoms with E-state index in [-0.39, 0.29) is 11.8 Å². The fourth-order valence-electron chi connectivity index (χ4n) is 2.83. The van der Waals surface area contributed by atoms with Crippen LogP contribution in [0.25, 0.3) is 0 Å². The number of carbonyl (C=O) groups is 2. The minimum Gasteiger partial charge on any atom is -0.490 e. The number of nitrogens with zero attached hydrogens (tertiary/aromatic N) is 2. The molecule has 31 heavy (non-hydrogen) atoms. The summed E-state index contributed by atoms with van der Waals surface area (Å²) >= 11 is 0. The maximum absolute atomic E-state index is 12.7. The molecule has 0 aliphatic heterocycles. The van der Waals surface area contributed by atoms with E-state index < -0.39 is 0 Å². The van der Waals surface area contributed by atoms with Gasteiger partial charge in [0.15, 0.2) is 11.5 Å². The van der Waals surface area contributed by atoms with Crippen LogP contribution in [0.1, 0.15) is 29.8 Å². The fourth-order valence-corrected chi connectivity index (χ4v) is 2.83. The summed E-state index contributed by atoms with van der Waals surface area (Å²) < 4.78 is 11.5. The summed E-state index contributed by atoms with van der Waals surface area (Å²) in [5.41, 5.74) is 2.81. The Morgan fingerprint density at radius 3 is 2.32 bits per heavy atom. The molecule has 1 heterocycles. The third-order valence-corrected chi connectivity index (χ3v) is 4.63. The fraction of sp³-hybridized carbons (Fsp3) is 0.208. The van der Waals surface area contributed by atoms with Crippen LogP contribution in [0, 0.1) is 0 Å². The molecule has 0 saturated heterocycles. The molecule has 7 heteroatoms. The first-order valence-corrected chi connectivity index (χ1v) is 9.92. The highest BCUT2D eigenvalue weighted by Gasteiger charge is 2.13. The Morgan fingerprint density at radius 2 is 1.68 bits per heavy atom. The number of anilines is 2. The second kappa shape index (κ2) is 10.2. The average molecular weight is 419 g/mol. The molecule has 0 radical (unpaired) electrons. The van der Waals surface area contributed by atoms with Crippen LogP contribution in [0.15, 0.2) is 67.0 Å². The Hall–Kier alpha value is -3.87. The van der Waals surface area contributed by atoms with E-state index in [1.165, 1.54) is 11.8 Å². The second-order valence-electron chi connectivity index (χ2n) is 6.82. The molecule has 2 aromatic carbocycles. The third kappa shape index (κ3) is 5.82. The van der Waals surface area contributed by atoms with Gasteiger partial charge in [0.2, 0.25) is 5.91 Å². The van der Waals surface area contributed by atoms with Crippen LogP contribution in [0.4, 0.5) is 11.4 Å². The predicted molar refractivity (Wildman–Crippen MR) is 120 cm³/mol. The number of rotatable bonds is 8. The van der Waals surface area contributed by atoms with Crippen LogP contribution in [-0.4, -0.2) is 30.5 Å². The van der Waals surface area contributed by atoms with Gasteiger partial charge in [0.25, 0.3) is 5.91 Å². The number of benzene rings is 2. The Kier molecular flexibility index (Phi) is 7.22. The number of ether oxygens (including phenoxy) is 2. The van der Waals surface area contributed by atoms with E-state index in [0.29, 0.717) is 36.0 Å². The third-order valence-electron chi connectivity index (χ3n) is 4.63. The van der Waals surface area contributed by atoms with Gasteiger partial charge in [-0.2, -0.15) is 0 Å². The summed E-state index contributed by atoms with van der Waals surface area (Å²) in [5.74, 6) is 0.732. The Balaban J connectivity index is 1.70. The standard InChI is InChI=1S/C24H25N3O4/c1-4-30-23-15-19(5-10-22(23)31-16-18-11-13-25-14-12-18)24(29)26-20-6-8-21(9-7-20)27(3)17(2)28/h5-15H,4,16H2,1-3H3,(H,26,29). The van der Waals surface area contributed by atoms with E-state index >= 15 is 0 Å². The lowest BCUT2D eigenvalue weighted by molar-refractivity contribution is -0.116. The molecule has 160 valence electrons. The number of nitrogens with one attached hydrogen (secondary N) is 1. The molecule has 2 amide bonds. The molecule has 0 atom stereocenters. The van der Waals surface area contributed by atoms with Crippen molar-refractivity contribution in [2.24, 2.45) is 0 Å². The van der Waals surface area contributed by atoms with Gasteiger partial charge in [-0.25, -0.2) is 0 Å². The molecular formula is C24H25N3O4. The van der Waals surface area contributed by atoms with Crippen LogP contribution in [0.3, 0.4) is 0 Å². The Labute approximate surface area is 181 Å². The van der Waals surface area contributed by atoms with E-state index in [1.54, 1.807) is 61.9 Å². The van der Waals surface area contributed by atoms with Crippen molar-refractivity contribution in [3.05, 3.63) is 78.1 Å². The van der Waals surface area contributed by atoms with Gasteiger partial charge in [-0.15, -0.1) is 0 Å². The van der Waals surface area contributed by atoms with Gasteiger partial charge in [-0.3, -0.25) is 14.6 Å². The zero-order chi connectivity index (χ0) is 22.2. The molecule has 0 spiro atoms. The molecular weight excluding hydrogens is 394 g/mol. The number of hydrogen-bond donors (Lipinski definition) is 1. The van der Waals surface area contributed by atoms with Gasteiger partial charge < -0.3 is 19.7 Å². The van der Waals surface area contributed by atoms with Crippen molar-refractivity contribution in [2.75, 3.05) is 23.9 Å². The van der Waals surface area contributed by atoms with Crippen molar-refractivity contribution in [1.82, 2.24) is 4.98 Å². The number of hydrogen-bond acceptors (Lipinski definition) is 5. The first kappa shape index (κ1) is 21.8. The van der Waals surface area contributed by atoms with Crippen molar-refractivity contribution < 1.29 is 19.1 Å². The lowest BCUT2D eigenvalue weighted by Crippen LogP contribution is -2.22. The van der Waals surface area contributed by atoms with E-state index in [2.05, 4.69) is 10.3 Å². The summed E-state index contributed by atoms with van der Waals surface area (Å²) in [5, 5.41) is 2.85. The molecule has 7 nitrogen and oxygen atoms in total. The molecule has 3 rings (SSSR count). The lowest BCUT2D eigenvalue weighted by Gasteiger charge is -2.16. The summed E-state index contributed by atoms with van der Waals surface area (Å²) in [6.45, 7) is 4.19. The average Bonchev–Trinajstić information content (AvgIpc) is 2.79. The van der Waals surface area contributed by atoms with Crippen LogP contribution in [-0.2, 0) is 11.4 Å². The van der Waals surface area contributed by atoms with Crippen LogP contribution in [0.2, 0.25) is 0 Å². The van der Waals surface area contributed by atoms with E-state index in [1.807, 2.05) is 19.1 Å². The number of amides is 2. The van der Waals surface area contributed by atoms with Gasteiger partial charge in [0.05, 0.1) is 6.61 Å². The zero-order valence-electron chi connectivity index (χ0n) is 17.8. The molecule has 0 aliphatic carbocycles. The highest BCUT2D eigenvalue weighted by atomic mass is 16.5. The second-order valence-corrected chi connectivity index (χ2v) is 6.82. The molecule has 0 fully saturated rings. The molecule has 1 N–H and O–H groups in total. The Morgan fingerprint density at radius 1 is 0.968 bits per heavy atom. The Bertz CT molecular complexity index is 1040. The van der Waals surface area contributed by atoms with Crippen LogP contribution >= 0.6 is 0 Å². The minimum absolute atomic E-state index is 0.0634. The zero-order valence-corrected chi connectivity index (χ0v) is 17.8. The van der Waals surface area contributed by atoms with Crippen molar-refractivity contribution in [3.8, 4) is 11.5 Å². The predicted octanol–water partition coefficient (Wildman–Crippen LogP) is 4.29. The summed E-state index contributed by atoms with van der Waals surface area (Å²) in [6, 6.07) is 15.9. The van der Waals surface area contributed by atoms with Crippen molar-refractivity contribution in [3.63, 3.8) is 0 Å². The quantitative estimate of drug-likeness (QED) is 0.589. The summed E-state index contributed by atoms with van der Waals surface area (Å²) in [7, 11) is 1.70. The van der Waals surface area contributed by atoms with Crippen molar-refractivity contribution in [2.45, 2.75) is 20.5 Å². The van der Waals surface area contributed by atoms with E-state index in [4.69, 9.17) is 9.47 Å². The SMILES string of the molecule is CCOc1cc(C(=O)Nc2ccc(N(C)C(C)=O)cc2)ccc1OCc1ccncc1. The molecule has 0 saturated carbocycles. The van der Waals surface area contributed by atoms with Gasteiger partial charge in [-0.1, -0.05) is 0 Å². The topological polar surface area (TPSA) is 80.8 Å². The normalized spacial score (nSPS) is 10.3. The summed E-state index contributed by atoms with van der Waals surface area (Å²) in [4.78, 5) is 29.7. The van der Waals surface area contributed by atoms with Crippen molar-refractivity contribution in [1.29, 1.82) is 0 Å². The lowest BCUT2D eigenvalue weighted by atomic mass is 10.1. The maximum Gasteiger partial charge on any atom is 0.255 e. The van der Waals surface area contributed by atoms with Gasteiger partial charge in [-0.05, 0) is 67.1 Å². The molecule has 0 aliphatic rings. The number of pyridine rings is 1. The van der Waals surface area contributed by atoms with Crippen LogP contribution in [0.5, 0.6) is 11.5 Å². The van der Waals surface area contributed by atoms with Gasteiger partial charge >= 0.3 is 0 Å². The van der Waals surface area contributed by atoms with Crippen molar-refractivity contribution >= 4 is 23.2 Å². The van der Waals surface area contributed by atoms with Crippen LogP contribution < -0.4 is 19.7 Å². The molecule has 0 bridgehead atoms.